The van der Waals surface area contributed by atoms with Gasteiger partial charge in [-0.1, -0.05) is 12.1 Å². The Bertz CT molecular complexity index is 483. The first-order valence-corrected chi connectivity index (χ1v) is 7.77. The largest absolute Gasteiger partial charge is 0.313 e. The lowest BCUT2D eigenvalue weighted by Gasteiger charge is -2.13. The van der Waals surface area contributed by atoms with Gasteiger partial charge in [-0.2, -0.15) is 0 Å². The number of benzene rings is 1. The summed E-state index contributed by atoms with van der Waals surface area (Å²) in [5, 5.41) is 3.12. The maximum Gasteiger partial charge on any atom is 0.240 e. The van der Waals surface area contributed by atoms with Crippen LogP contribution in [0.1, 0.15) is 18.5 Å². The van der Waals surface area contributed by atoms with Gasteiger partial charge < -0.3 is 10.2 Å². The summed E-state index contributed by atoms with van der Waals surface area (Å²) in [7, 11) is 2.28. The molecule has 1 aromatic carbocycles. The lowest BCUT2D eigenvalue weighted by atomic mass is 10.1. The molecule has 0 aromatic heterocycles. The molecule has 0 amide bonds. The van der Waals surface area contributed by atoms with Crippen molar-refractivity contribution in [2.45, 2.75) is 17.9 Å². The first-order chi connectivity index (χ1) is 8.86. The van der Waals surface area contributed by atoms with Crippen molar-refractivity contribution in [2.24, 2.45) is 0 Å². The van der Waals surface area contributed by atoms with Crippen LogP contribution >= 0.6 is 0 Å². The fraction of sp³-hybridized carbons (Fsp3) is 0.538. The molecule has 0 aliphatic rings. The van der Waals surface area contributed by atoms with Crippen LogP contribution in [-0.2, 0) is 10.0 Å². The van der Waals surface area contributed by atoms with E-state index in [4.69, 9.17) is 0 Å². The van der Waals surface area contributed by atoms with Crippen molar-refractivity contribution in [2.75, 3.05) is 34.2 Å². The summed E-state index contributed by atoms with van der Waals surface area (Å²) in [6.07, 6.45) is 0. The summed E-state index contributed by atoms with van der Waals surface area (Å²) >= 11 is 0. The number of rotatable bonds is 7. The molecule has 0 saturated carbocycles. The molecule has 1 atom stereocenters. The van der Waals surface area contributed by atoms with Gasteiger partial charge in [0.1, 0.15) is 0 Å². The van der Waals surface area contributed by atoms with Crippen molar-refractivity contribution in [3.05, 3.63) is 29.8 Å². The molecule has 6 heteroatoms. The molecule has 19 heavy (non-hydrogen) atoms. The summed E-state index contributed by atoms with van der Waals surface area (Å²) in [4.78, 5) is 2.23. The Balaban J connectivity index is 2.73. The third kappa shape index (κ3) is 4.91. The fourth-order valence-corrected chi connectivity index (χ4v) is 2.61. The predicted molar refractivity (Wildman–Crippen MR) is 77.7 cm³/mol. The van der Waals surface area contributed by atoms with Crippen molar-refractivity contribution >= 4 is 10.0 Å². The fourth-order valence-electron chi connectivity index (χ4n) is 1.59. The minimum atomic E-state index is -3.40. The highest BCUT2D eigenvalue weighted by Gasteiger charge is 2.13. The van der Waals surface area contributed by atoms with Gasteiger partial charge in [0.15, 0.2) is 0 Å². The average Bonchev–Trinajstić information content (AvgIpc) is 2.37. The summed E-state index contributed by atoms with van der Waals surface area (Å²) in [5.74, 6) is 0. The van der Waals surface area contributed by atoms with Crippen LogP contribution in [0.15, 0.2) is 29.2 Å². The average molecular weight is 285 g/mol. The summed E-state index contributed by atoms with van der Waals surface area (Å²) in [5.41, 5.74) is 1.06. The van der Waals surface area contributed by atoms with Crippen molar-refractivity contribution < 1.29 is 8.42 Å². The van der Waals surface area contributed by atoms with Crippen LogP contribution in [0.4, 0.5) is 0 Å². The molecule has 0 saturated heterocycles. The van der Waals surface area contributed by atoms with Crippen LogP contribution in [0.3, 0.4) is 0 Å². The van der Waals surface area contributed by atoms with Gasteiger partial charge in [0.05, 0.1) is 4.90 Å². The van der Waals surface area contributed by atoms with Crippen molar-refractivity contribution in [1.29, 1.82) is 0 Å². The number of hydrogen-bond donors (Lipinski definition) is 2. The van der Waals surface area contributed by atoms with Gasteiger partial charge in [-0.3, -0.25) is 0 Å². The van der Waals surface area contributed by atoms with Gasteiger partial charge in [0.2, 0.25) is 10.0 Å². The standard InChI is InChI=1S/C13H23N3O2S/c1-11(14-2)12-5-7-13(8-6-12)19(17,18)15-9-10-16(3)4/h5-8,11,14-15H,9-10H2,1-4H3. The second-order valence-corrected chi connectivity index (χ2v) is 6.55. The van der Waals surface area contributed by atoms with Gasteiger partial charge in [0.25, 0.3) is 0 Å². The highest BCUT2D eigenvalue weighted by Crippen LogP contribution is 2.15. The number of sulfonamides is 1. The minimum absolute atomic E-state index is 0.207. The molecular formula is C13H23N3O2S. The van der Waals surface area contributed by atoms with Crippen LogP contribution in [-0.4, -0.2) is 47.6 Å². The van der Waals surface area contributed by atoms with Crippen molar-refractivity contribution in [3.63, 3.8) is 0 Å². The van der Waals surface area contributed by atoms with Gasteiger partial charge in [0, 0.05) is 19.1 Å². The zero-order valence-corrected chi connectivity index (χ0v) is 12.8. The monoisotopic (exact) mass is 285 g/mol. The van der Waals surface area contributed by atoms with Gasteiger partial charge in [-0.25, -0.2) is 13.1 Å². The first kappa shape index (κ1) is 16.1. The van der Waals surface area contributed by atoms with E-state index in [2.05, 4.69) is 10.0 Å². The number of likely N-dealkylation sites (N-methyl/N-ethyl adjacent to an activating group) is 1. The smallest absolute Gasteiger partial charge is 0.240 e. The minimum Gasteiger partial charge on any atom is -0.313 e. The quantitative estimate of drug-likeness (QED) is 0.778. The Morgan fingerprint density at radius 1 is 1.21 bits per heavy atom. The third-order valence-corrected chi connectivity index (χ3v) is 4.45. The lowest BCUT2D eigenvalue weighted by molar-refractivity contribution is 0.412. The molecule has 0 aliphatic carbocycles. The Labute approximate surface area is 116 Å². The van der Waals surface area contributed by atoms with E-state index in [0.717, 1.165) is 5.56 Å². The van der Waals surface area contributed by atoms with Crippen molar-refractivity contribution in [3.8, 4) is 0 Å². The van der Waals surface area contributed by atoms with Crippen molar-refractivity contribution in [1.82, 2.24) is 14.9 Å². The molecule has 0 aliphatic heterocycles. The molecule has 1 aromatic rings. The van der Waals surface area contributed by atoms with E-state index in [9.17, 15) is 8.42 Å². The third-order valence-electron chi connectivity index (χ3n) is 2.97. The molecule has 1 unspecified atom stereocenters. The Morgan fingerprint density at radius 3 is 2.26 bits per heavy atom. The lowest BCUT2D eigenvalue weighted by Crippen LogP contribution is -2.31. The SMILES string of the molecule is CNC(C)c1ccc(S(=O)(=O)NCCN(C)C)cc1. The number of hydrogen-bond acceptors (Lipinski definition) is 4. The van der Waals surface area contributed by atoms with E-state index >= 15 is 0 Å². The van der Waals surface area contributed by atoms with E-state index < -0.39 is 10.0 Å². The second kappa shape index (κ2) is 7.00. The summed E-state index contributed by atoms with van der Waals surface area (Å²) in [6.45, 7) is 3.11. The molecule has 2 N–H and O–H groups in total. The second-order valence-electron chi connectivity index (χ2n) is 4.78. The first-order valence-electron chi connectivity index (χ1n) is 6.28. The van der Waals surface area contributed by atoms with E-state index in [0.29, 0.717) is 18.0 Å². The molecule has 1 rings (SSSR count). The molecule has 0 heterocycles. The van der Waals surface area contributed by atoms with Gasteiger partial charge in [-0.15, -0.1) is 0 Å². The zero-order chi connectivity index (χ0) is 14.5. The summed E-state index contributed by atoms with van der Waals surface area (Å²) < 4.78 is 26.6. The van der Waals surface area contributed by atoms with E-state index in [1.165, 1.54) is 0 Å². The Morgan fingerprint density at radius 2 is 1.79 bits per heavy atom. The van der Waals surface area contributed by atoms with E-state index in [1.54, 1.807) is 12.1 Å². The van der Waals surface area contributed by atoms with Crippen LogP contribution in [0.2, 0.25) is 0 Å². The van der Waals surface area contributed by atoms with E-state index in [1.807, 2.05) is 45.1 Å². The highest BCUT2D eigenvalue weighted by molar-refractivity contribution is 7.89. The van der Waals surface area contributed by atoms with Crippen LogP contribution in [0.5, 0.6) is 0 Å². The van der Waals surface area contributed by atoms with Gasteiger partial charge in [-0.05, 0) is 45.8 Å². The normalized spacial score (nSPS) is 13.7. The molecule has 5 nitrogen and oxygen atoms in total. The molecule has 0 spiro atoms. The molecule has 0 radical (unpaired) electrons. The molecular weight excluding hydrogens is 262 g/mol. The van der Waals surface area contributed by atoms with Gasteiger partial charge >= 0.3 is 0 Å². The van der Waals surface area contributed by atoms with Crippen LogP contribution < -0.4 is 10.0 Å². The maximum absolute atomic E-state index is 12.0. The predicted octanol–water partition coefficient (Wildman–Crippen LogP) is 0.807. The summed E-state index contributed by atoms with van der Waals surface area (Å²) in [6, 6.07) is 7.16. The zero-order valence-electron chi connectivity index (χ0n) is 12.0. The maximum atomic E-state index is 12.0. The van der Waals surface area contributed by atoms with Crippen LogP contribution in [0.25, 0.3) is 0 Å². The Kier molecular flexibility index (Phi) is 5.93. The van der Waals surface area contributed by atoms with Crippen LogP contribution in [0, 0.1) is 0 Å². The molecule has 0 fully saturated rings. The topological polar surface area (TPSA) is 61.4 Å². The molecule has 108 valence electrons. The highest BCUT2D eigenvalue weighted by atomic mass is 32.2. The van der Waals surface area contributed by atoms with E-state index in [-0.39, 0.29) is 6.04 Å². The number of nitrogens with one attached hydrogen (secondary N) is 2. The molecule has 0 bridgehead atoms. The number of nitrogens with zero attached hydrogens (tertiary/aromatic N) is 1. The Hall–Kier alpha value is -0.950.